The highest BCUT2D eigenvalue weighted by Crippen LogP contribution is 2.15. The second-order valence-corrected chi connectivity index (χ2v) is 4.10. The zero-order valence-corrected chi connectivity index (χ0v) is 9.90. The molecule has 1 N–H and O–H groups in total. The van der Waals surface area contributed by atoms with Crippen molar-refractivity contribution in [1.29, 1.82) is 0 Å². The molecule has 0 aromatic heterocycles. The van der Waals surface area contributed by atoms with Crippen LogP contribution in [0, 0.1) is 6.92 Å². The van der Waals surface area contributed by atoms with E-state index in [9.17, 15) is 4.79 Å². The van der Waals surface area contributed by atoms with E-state index in [4.69, 9.17) is 5.11 Å². The maximum absolute atomic E-state index is 11.0. The number of nitrogens with zero attached hydrogens (tertiary/aromatic N) is 1. The predicted octanol–water partition coefficient (Wildman–Crippen LogP) is 2.67. The van der Waals surface area contributed by atoms with Gasteiger partial charge in [0.1, 0.15) is 0 Å². The minimum absolute atomic E-state index is 0.477. The van der Waals surface area contributed by atoms with Gasteiger partial charge >= 0.3 is 5.97 Å². The monoisotopic (exact) mass is 219 g/mol. The second kappa shape index (κ2) is 4.92. The number of benzene rings is 1. The summed E-state index contributed by atoms with van der Waals surface area (Å²) in [4.78, 5) is 15.2. The van der Waals surface area contributed by atoms with Crippen molar-refractivity contribution in [1.82, 2.24) is 0 Å². The molecule has 1 atom stereocenters. The molecule has 1 rings (SSSR count). The first-order chi connectivity index (χ1) is 7.48. The summed E-state index contributed by atoms with van der Waals surface area (Å²) in [7, 11) is 0. The average molecular weight is 219 g/mol. The molecule has 0 radical (unpaired) electrons. The standard InChI is InChI=1S/C13H17NO2/c1-4-13(3,12(15)16)14-9-11-7-5-10(2)6-8-11/h5-9H,4H2,1-3H3,(H,15,16). The Morgan fingerprint density at radius 3 is 2.44 bits per heavy atom. The van der Waals surface area contributed by atoms with Crippen molar-refractivity contribution < 1.29 is 9.90 Å². The summed E-state index contributed by atoms with van der Waals surface area (Å²) in [6.07, 6.45) is 2.10. The third-order valence-electron chi connectivity index (χ3n) is 2.73. The number of rotatable bonds is 4. The lowest BCUT2D eigenvalue weighted by Crippen LogP contribution is -2.32. The highest BCUT2D eigenvalue weighted by Gasteiger charge is 2.29. The number of carboxylic acids is 1. The van der Waals surface area contributed by atoms with Gasteiger partial charge < -0.3 is 5.11 Å². The highest BCUT2D eigenvalue weighted by atomic mass is 16.4. The van der Waals surface area contributed by atoms with Gasteiger partial charge in [-0.1, -0.05) is 36.8 Å². The molecule has 0 heterocycles. The molecule has 1 unspecified atom stereocenters. The van der Waals surface area contributed by atoms with Crippen LogP contribution in [0.25, 0.3) is 0 Å². The van der Waals surface area contributed by atoms with Crippen molar-refractivity contribution in [3.05, 3.63) is 35.4 Å². The van der Waals surface area contributed by atoms with Crippen LogP contribution >= 0.6 is 0 Å². The van der Waals surface area contributed by atoms with Crippen molar-refractivity contribution >= 4 is 12.2 Å². The molecule has 0 bridgehead atoms. The molecule has 86 valence electrons. The summed E-state index contributed by atoms with van der Waals surface area (Å²) in [5.41, 5.74) is 1.07. The van der Waals surface area contributed by atoms with Gasteiger partial charge in [-0.25, -0.2) is 4.79 Å². The van der Waals surface area contributed by atoms with Gasteiger partial charge in [0, 0.05) is 6.21 Å². The number of hydrogen-bond acceptors (Lipinski definition) is 2. The zero-order valence-electron chi connectivity index (χ0n) is 9.90. The van der Waals surface area contributed by atoms with Gasteiger partial charge in [0.15, 0.2) is 5.54 Å². The maximum Gasteiger partial charge on any atom is 0.331 e. The van der Waals surface area contributed by atoms with Gasteiger partial charge in [0.05, 0.1) is 0 Å². The minimum atomic E-state index is -1.02. The van der Waals surface area contributed by atoms with E-state index in [1.54, 1.807) is 13.1 Å². The molecule has 0 spiro atoms. The smallest absolute Gasteiger partial charge is 0.331 e. The van der Waals surface area contributed by atoms with Gasteiger partial charge in [-0.2, -0.15) is 0 Å². The van der Waals surface area contributed by atoms with Crippen LogP contribution in [-0.4, -0.2) is 22.8 Å². The number of carboxylic acid groups (broad SMARTS) is 1. The summed E-state index contributed by atoms with van der Waals surface area (Å²) in [5.74, 6) is -0.890. The van der Waals surface area contributed by atoms with E-state index in [1.807, 2.05) is 38.1 Å². The summed E-state index contributed by atoms with van der Waals surface area (Å²) in [6, 6.07) is 7.81. The van der Waals surface area contributed by atoms with Crippen LogP contribution in [0.15, 0.2) is 29.3 Å². The van der Waals surface area contributed by atoms with Gasteiger partial charge in [-0.05, 0) is 25.8 Å². The van der Waals surface area contributed by atoms with Crippen molar-refractivity contribution in [3.8, 4) is 0 Å². The van der Waals surface area contributed by atoms with E-state index in [0.29, 0.717) is 6.42 Å². The number of aliphatic imine (C=N–C) groups is 1. The molecular weight excluding hydrogens is 202 g/mol. The SMILES string of the molecule is CCC(C)(N=Cc1ccc(C)cc1)C(=O)O. The van der Waals surface area contributed by atoms with Crippen molar-refractivity contribution in [2.75, 3.05) is 0 Å². The fourth-order valence-corrected chi connectivity index (χ4v) is 1.17. The van der Waals surface area contributed by atoms with Crippen LogP contribution in [0.2, 0.25) is 0 Å². The molecule has 16 heavy (non-hydrogen) atoms. The number of aryl methyl sites for hydroxylation is 1. The largest absolute Gasteiger partial charge is 0.479 e. The summed E-state index contributed by atoms with van der Waals surface area (Å²) >= 11 is 0. The minimum Gasteiger partial charge on any atom is -0.479 e. The van der Waals surface area contributed by atoms with E-state index >= 15 is 0 Å². The molecule has 0 aliphatic heterocycles. The quantitative estimate of drug-likeness (QED) is 0.791. The summed E-state index contributed by atoms with van der Waals surface area (Å²) in [5, 5.41) is 9.04. The van der Waals surface area contributed by atoms with Crippen molar-refractivity contribution in [2.45, 2.75) is 32.7 Å². The molecule has 0 aliphatic rings. The van der Waals surface area contributed by atoms with Crippen molar-refractivity contribution in [3.63, 3.8) is 0 Å². The average Bonchev–Trinajstić information content (AvgIpc) is 2.27. The molecule has 3 heteroatoms. The van der Waals surface area contributed by atoms with Crippen LogP contribution in [0.5, 0.6) is 0 Å². The normalized spacial score (nSPS) is 14.9. The van der Waals surface area contributed by atoms with E-state index < -0.39 is 11.5 Å². The first kappa shape index (κ1) is 12.4. The zero-order chi connectivity index (χ0) is 12.2. The number of hydrogen-bond donors (Lipinski definition) is 1. The molecule has 1 aromatic rings. The Bertz CT molecular complexity index is 395. The lowest BCUT2D eigenvalue weighted by molar-refractivity contribution is -0.142. The third kappa shape index (κ3) is 2.92. The van der Waals surface area contributed by atoms with Crippen LogP contribution < -0.4 is 0 Å². The summed E-state index contributed by atoms with van der Waals surface area (Å²) in [6.45, 7) is 5.45. The van der Waals surface area contributed by atoms with Gasteiger partial charge in [0.25, 0.3) is 0 Å². The predicted molar refractivity (Wildman–Crippen MR) is 65.1 cm³/mol. The Balaban J connectivity index is 2.87. The van der Waals surface area contributed by atoms with E-state index in [0.717, 1.165) is 5.56 Å². The lowest BCUT2D eigenvalue weighted by Gasteiger charge is -2.17. The van der Waals surface area contributed by atoms with Crippen molar-refractivity contribution in [2.24, 2.45) is 4.99 Å². The third-order valence-corrected chi connectivity index (χ3v) is 2.73. The fourth-order valence-electron chi connectivity index (χ4n) is 1.17. The molecule has 0 aliphatic carbocycles. The van der Waals surface area contributed by atoms with E-state index in [-0.39, 0.29) is 0 Å². The van der Waals surface area contributed by atoms with Gasteiger partial charge in [-0.3, -0.25) is 4.99 Å². The Morgan fingerprint density at radius 2 is 2.00 bits per heavy atom. The Hall–Kier alpha value is -1.64. The molecule has 0 amide bonds. The number of carbonyl (C=O) groups is 1. The Morgan fingerprint density at radius 1 is 1.44 bits per heavy atom. The van der Waals surface area contributed by atoms with Crippen LogP contribution in [0.3, 0.4) is 0 Å². The molecule has 0 fully saturated rings. The lowest BCUT2D eigenvalue weighted by atomic mass is 10.0. The topological polar surface area (TPSA) is 49.7 Å². The maximum atomic E-state index is 11.0. The van der Waals surface area contributed by atoms with Crippen LogP contribution in [0.1, 0.15) is 31.4 Å². The molecule has 0 saturated carbocycles. The Kier molecular flexibility index (Phi) is 3.82. The van der Waals surface area contributed by atoms with E-state index in [2.05, 4.69) is 4.99 Å². The number of aliphatic carboxylic acids is 1. The van der Waals surface area contributed by atoms with Crippen LogP contribution in [-0.2, 0) is 4.79 Å². The summed E-state index contributed by atoms with van der Waals surface area (Å²) < 4.78 is 0. The highest BCUT2D eigenvalue weighted by molar-refractivity contribution is 5.85. The fraction of sp³-hybridized carbons (Fsp3) is 0.385. The Labute approximate surface area is 95.8 Å². The molecular formula is C13H17NO2. The molecule has 1 aromatic carbocycles. The van der Waals surface area contributed by atoms with Gasteiger partial charge in [-0.15, -0.1) is 0 Å². The first-order valence-electron chi connectivity index (χ1n) is 5.33. The molecule has 3 nitrogen and oxygen atoms in total. The van der Waals surface area contributed by atoms with Gasteiger partial charge in [0.2, 0.25) is 0 Å². The van der Waals surface area contributed by atoms with Crippen LogP contribution in [0.4, 0.5) is 0 Å². The van der Waals surface area contributed by atoms with E-state index in [1.165, 1.54) is 5.56 Å². The second-order valence-electron chi connectivity index (χ2n) is 4.10. The first-order valence-corrected chi connectivity index (χ1v) is 5.33. The molecule has 0 saturated heterocycles.